The van der Waals surface area contributed by atoms with E-state index in [2.05, 4.69) is 21.0 Å². The molecule has 1 aromatic heterocycles. The Hall–Kier alpha value is -4.79. The Morgan fingerprint density at radius 3 is 2.31 bits per heavy atom. The van der Waals surface area contributed by atoms with Gasteiger partial charge in [-0.1, -0.05) is 36.4 Å². The Morgan fingerprint density at radius 2 is 1.56 bits per heavy atom. The van der Waals surface area contributed by atoms with E-state index in [1.54, 1.807) is 30.3 Å². The second kappa shape index (κ2) is 11.1. The number of carbonyl (C=O) groups excluding carboxylic acids is 3. The van der Waals surface area contributed by atoms with E-state index in [1.165, 1.54) is 13.0 Å². The van der Waals surface area contributed by atoms with Gasteiger partial charge in [-0.2, -0.15) is 5.10 Å². The molecule has 0 aliphatic heterocycles. The first kappa shape index (κ1) is 24.3. The van der Waals surface area contributed by atoms with Gasteiger partial charge in [-0.15, -0.1) is 0 Å². The molecule has 3 aromatic carbocycles. The van der Waals surface area contributed by atoms with Crippen molar-refractivity contribution in [3.05, 3.63) is 94.8 Å². The van der Waals surface area contributed by atoms with Gasteiger partial charge in [0, 0.05) is 42.9 Å². The molecule has 4 rings (SSSR count). The van der Waals surface area contributed by atoms with Crippen LogP contribution in [0.4, 0.5) is 5.69 Å². The van der Waals surface area contributed by atoms with Gasteiger partial charge in [0.2, 0.25) is 11.8 Å². The van der Waals surface area contributed by atoms with Crippen LogP contribution in [0.15, 0.2) is 83.7 Å². The van der Waals surface area contributed by atoms with Crippen molar-refractivity contribution in [3.8, 4) is 11.3 Å². The molecule has 0 radical (unpaired) electrons. The summed E-state index contributed by atoms with van der Waals surface area (Å²) in [4.78, 5) is 47.9. The van der Waals surface area contributed by atoms with E-state index >= 15 is 0 Å². The summed E-state index contributed by atoms with van der Waals surface area (Å²) >= 11 is 0. The lowest BCUT2D eigenvalue weighted by atomic mass is 10.1. The van der Waals surface area contributed by atoms with Crippen LogP contribution in [-0.4, -0.2) is 40.6 Å². The molecule has 3 N–H and O–H groups in total. The zero-order valence-electron chi connectivity index (χ0n) is 19.7. The van der Waals surface area contributed by atoms with Gasteiger partial charge in [-0.05, 0) is 47.2 Å². The van der Waals surface area contributed by atoms with Crippen LogP contribution < -0.4 is 21.5 Å². The number of carbonyl (C=O) groups is 3. The maximum atomic E-state index is 12.4. The molecule has 9 nitrogen and oxygen atoms in total. The van der Waals surface area contributed by atoms with Crippen LogP contribution in [0.25, 0.3) is 22.0 Å². The third-order valence-corrected chi connectivity index (χ3v) is 5.41. The number of hydrogen-bond donors (Lipinski definition) is 3. The minimum absolute atomic E-state index is 0.188. The number of nitrogens with one attached hydrogen (secondary N) is 3. The smallest absolute Gasteiger partial charge is 0.267 e. The first-order valence-electron chi connectivity index (χ1n) is 11.4. The number of aromatic nitrogens is 2. The van der Waals surface area contributed by atoms with Crippen LogP contribution in [0, 0.1) is 0 Å². The summed E-state index contributed by atoms with van der Waals surface area (Å²) in [5.74, 6) is -0.894. The molecule has 0 atom stereocenters. The lowest BCUT2D eigenvalue weighted by molar-refractivity contribution is -0.121. The van der Waals surface area contributed by atoms with Crippen molar-refractivity contribution in [3.63, 3.8) is 0 Å². The van der Waals surface area contributed by atoms with Crippen molar-refractivity contribution < 1.29 is 14.4 Å². The molecule has 36 heavy (non-hydrogen) atoms. The van der Waals surface area contributed by atoms with E-state index in [0.29, 0.717) is 16.9 Å². The average molecular weight is 484 g/mol. The molecule has 0 bridgehead atoms. The van der Waals surface area contributed by atoms with E-state index in [-0.39, 0.29) is 37.0 Å². The molecule has 0 saturated heterocycles. The Kier molecular flexibility index (Phi) is 7.50. The summed E-state index contributed by atoms with van der Waals surface area (Å²) in [7, 11) is 0. The molecular formula is C27H25N5O4. The van der Waals surface area contributed by atoms with Crippen molar-refractivity contribution >= 4 is 34.2 Å². The Bertz CT molecular complexity index is 1480. The van der Waals surface area contributed by atoms with Crippen LogP contribution in [0.3, 0.4) is 0 Å². The molecule has 0 aliphatic carbocycles. The summed E-state index contributed by atoms with van der Waals surface area (Å²) in [5.41, 5.74) is 2.07. The van der Waals surface area contributed by atoms with Gasteiger partial charge in [0.05, 0.1) is 5.69 Å². The Labute approximate surface area is 207 Å². The van der Waals surface area contributed by atoms with Crippen LogP contribution in [0.2, 0.25) is 0 Å². The largest absolute Gasteiger partial charge is 0.353 e. The van der Waals surface area contributed by atoms with Crippen LogP contribution in [0.1, 0.15) is 17.3 Å². The molecule has 9 heteroatoms. The molecule has 0 unspecified atom stereocenters. The minimum atomic E-state index is -0.394. The Balaban J connectivity index is 1.30. The molecule has 0 aliphatic rings. The summed E-state index contributed by atoms with van der Waals surface area (Å²) in [5, 5.41) is 14.5. The predicted molar refractivity (Wildman–Crippen MR) is 138 cm³/mol. The highest BCUT2D eigenvalue weighted by Crippen LogP contribution is 2.22. The zero-order chi connectivity index (χ0) is 25.5. The fourth-order valence-electron chi connectivity index (χ4n) is 3.64. The normalized spacial score (nSPS) is 10.6. The average Bonchev–Trinajstić information content (AvgIpc) is 2.87. The van der Waals surface area contributed by atoms with Gasteiger partial charge in [-0.3, -0.25) is 19.2 Å². The van der Waals surface area contributed by atoms with Crippen LogP contribution >= 0.6 is 0 Å². The van der Waals surface area contributed by atoms with Crippen molar-refractivity contribution in [1.82, 2.24) is 20.4 Å². The van der Waals surface area contributed by atoms with Gasteiger partial charge in [0.25, 0.3) is 11.5 Å². The third-order valence-electron chi connectivity index (χ3n) is 5.41. The number of hydrogen-bond acceptors (Lipinski definition) is 5. The Morgan fingerprint density at radius 1 is 0.833 bits per heavy atom. The number of rotatable bonds is 8. The fourth-order valence-corrected chi connectivity index (χ4v) is 3.64. The highest BCUT2D eigenvalue weighted by molar-refractivity contribution is 5.95. The van der Waals surface area contributed by atoms with Gasteiger partial charge in [0.1, 0.15) is 6.54 Å². The monoisotopic (exact) mass is 483 g/mol. The molecular weight excluding hydrogens is 458 g/mol. The molecule has 0 spiro atoms. The molecule has 3 amide bonds. The molecule has 1 heterocycles. The van der Waals surface area contributed by atoms with E-state index in [9.17, 15) is 19.2 Å². The first-order valence-corrected chi connectivity index (χ1v) is 11.4. The molecule has 182 valence electrons. The number of benzene rings is 3. The number of nitrogens with zero attached hydrogens (tertiary/aromatic N) is 2. The fraction of sp³-hybridized carbons (Fsp3) is 0.148. The topological polar surface area (TPSA) is 122 Å². The first-order chi connectivity index (χ1) is 17.4. The van der Waals surface area contributed by atoms with Crippen molar-refractivity contribution in [2.75, 3.05) is 18.4 Å². The van der Waals surface area contributed by atoms with Gasteiger partial charge < -0.3 is 16.0 Å². The minimum Gasteiger partial charge on any atom is -0.353 e. The van der Waals surface area contributed by atoms with E-state index in [0.717, 1.165) is 21.0 Å². The lowest BCUT2D eigenvalue weighted by Crippen LogP contribution is -2.38. The number of anilines is 1. The van der Waals surface area contributed by atoms with Crippen LogP contribution in [-0.2, 0) is 16.1 Å². The van der Waals surface area contributed by atoms with Crippen molar-refractivity contribution in [2.24, 2.45) is 0 Å². The standard InChI is InChI=1S/C27H25N5O4/c1-18(33)30-23-10-8-20(9-11-23)27(36)29-15-14-28-25(34)17-32-26(35)13-12-24(31-32)22-7-6-19-4-2-3-5-21(19)16-22/h2-13,16H,14-15,17H2,1H3,(H,28,34)(H,29,36)(H,30,33). The van der Waals surface area contributed by atoms with Gasteiger partial charge in [0.15, 0.2) is 0 Å². The second-order valence-corrected chi connectivity index (χ2v) is 8.14. The SMILES string of the molecule is CC(=O)Nc1ccc(C(=O)NCCNC(=O)Cn2nc(-c3ccc4ccccc4c3)ccc2=O)cc1. The van der Waals surface area contributed by atoms with E-state index in [4.69, 9.17) is 0 Å². The lowest BCUT2D eigenvalue weighted by Gasteiger charge is -2.10. The molecule has 0 fully saturated rings. The highest BCUT2D eigenvalue weighted by Gasteiger charge is 2.10. The molecule has 4 aromatic rings. The summed E-state index contributed by atoms with van der Waals surface area (Å²) in [6.07, 6.45) is 0. The molecule has 0 saturated carbocycles. The third kappa shape index (κ3) is 6.20. The second-order valence-electron chi connectivity index (χ2n) is 8.14. The summed E-state index contributed by atoms with van der Waals surface area (Å²) < 4.78 is 1.12. The predicted octanol–water partition coefficient (Wildman–Crippen LogP) is 2.57. The quantitative estimate of drug-likeness (QED) is 0.333. The van der Waals surface area contributed by atoms with Crippen molar-refractivity contribution in [1.29, 1.82) is 0 Å². The maximum Gasteiger partial charge on any atom is 0.267 e. The van der Waals surface area contributed by atoms with Crippen LogP contribution in [0.5, 0.6) is 0 Å². The number of amides is 3. The summed E-state index contributed by atoms with van der Waals surface area (Å²) in [6.45, 7) is 1.56. The van der Waals surface area contributed by atoms with E-state index < -0.39 is 5.91 Å². The van der Waals surface area contributed by atoms with Crippen molar-refractivity contribution in [2.45, 2.75) is 13.5 Å². The number of fused-ring (bicyclic) bond motifs is 1. The highest BCUT2D eigenvalue weighted by atomic mass is 16.2. The van der Waals surface area contributed by atoms with Gasteiger partial charge in [-0.25, -0.2) is 4.68 Å². The van der Waals surface area contributed by atoms with Gasteiger partial charge >= 0.3 is 0 Å². The summed E-state index contributed by atoms with van der Waals surface area (Å²) in [6, 6.07) is 23.3. The maximum absolute atomic E-state index is 12.4. The van der Waals surface area contributed by atoms with E-state index in [1.807, 2.05) is 42.5 Å². The zero-order valence-corrected chi connectivity index (χ0v) is 19.7.